The molecule has 0 saturated carbocycles. The van der Waals surface area contributed by atoms with Gasteiger partial charge in [-0.1, -0.05) is 19.9 Å². The van der Waals surface area contributed by atoms with Gasteiger partial charge in [0, 0.05) is 40.6 Å². The number of rotatable bonds is 6. The van der Waals surface area contributed by atoms with Gasteiger partial charge in [0.1, 0.15) is 0 Å². The summed E-state index contributed by atoms with van der Waals surface area (Å²) in [5, 5.41) is 1.03. The Morgan fingerprint density at radius 3 is 2.45 bits per heavy atom. The number of H-pyrrole nitrogens is 1. The average molecular weight is 413 g/mol. The van der Waals surface area contributed by atoms with Crippen LogP contribution in [0.1, 0.15) is 43.1 Å². The van der Waals surface area contributed by atoms with E-state index in [9.17, 15) is 13.2 Å². The van der Waals surface area contributed by atoms with Crippen LogP contribution in [-0.4, -0.2) is 31.6 Å². The number of benzene rings is 2. The van der Waals surface area contributed by atoms with E-state index in [4.69, 9.17) is 0 Å². The zero-order valence-electron chi connectivity index (χ0n) is 17.6. The van der Waals surface area contributed by atoms with Crippen LogP contribution in [0.15, 0.2) is 53.6 Å². The first kappa shape index (κ1) is 21.1. The molecular weight excluding hydrogens is 384 g/mol. The van der Waals surface area contributed by atoms with Crippen molar-refractivity contribution >= 4 is 32.3 Å². The van der Waals surface area contributed by atoms with E-state index in [1.165, 1.54) is 6.07 Å². The zero-order valence-corrected chi connectivity index (χ0v) is 18.4. The summed E-state index contributed by atoms with van der Waals surface area (Å²) in [5.41, 5.74) is 2.98. The van der Waals surface area contributed by atoms with Gasteiger partial charge in [-0.25, -0.2) is 8.42 Å². The second-order valence-electron chi connectivity index (χ2n) is 8.15. The molecule has 0 saturated heterocycles. The van der Waals surface area contributed by atoms with Gasteiger partial charge >= 0.3 is 0 Å². The molecule has 0 aliphatic carbocycles. The number of amides is 1. The van der Waals surface area contributed by atoms with Gasteiger partial charge in [-0.2, -0.15) is 0 Å². The molecule has 0 radical (unpaired) electrons. The summed E-state index contributed by atoms with van der Waals surface area (Å²) < 4.78 is 24.1. The molecule has 1 unspecified atom stereocenters. The molecule has 1 atom stereocenters. The average Bonchev–Trinajstić information content (AvgIpc) is 3.08. The van der Waals surface area contributed by atoms with Crippen LogP contribution in [0.4, 0.5) is 5.69 Å². The summed E-state index contributed by atoms with van der Waals surface area (Å²) in [4.78, 5) is 18.8. The molecule has 1 N–H and O–H groups in total. The number of aromatic nitrogens is 1. The standard InChI is InChI=1S/C23H28N2O3S/c1-15(2)12-17(4)25(19-7-9-22-18(13-19)10-11-24-22)23(26)21-14-20(29(5,27)28)8-6-16(21)3/h6-11,13-15,17,24H,12H2,1-5H3. The van der Waals surface area contributed by atoms with Crippen LogP contribution in [0.25, 0.3) is 10.9 Å². The first-order chi connectivity index (χ1) is 13.6. The molecule has 0 aliphatic rings. The second-order valence-corrected chi connectivity index (χ2v) is 10.2. The van der Waals surface area contributed by atoms with Crippen molar-refractivity contribution in [3.05, 3.63) is 59.8 Å². The van der Waals surface area contributed by atoms with E-state index in [0.29, 0.717) is 11.5 Å². The van der Waals surface area contributed by atoms with Gasteiger partial charge in [0.05, 0.1) is 4.90 Å². The van der Waals surface area contributed by atoms with Gasteiger partial charge in [-0.05, 0) is 68.1 Å². The lowest BCUT2D eigenvalue weighted by Crippen LogP contribution is -2.40. The van der Waals surface area contributed by atoms with Crippen LogP contribution in [0.5, 0.6) is 0 Å². The zero-order chi connectivity index (χ0) is 21.3. The van der Waals surface area contributed by atoms with Gasteiger partial charge in [-0.3, -0.25) is 4.79 Å². The normalized spacial score (nSPS) is 13.0. The third-order valence-corrected chi connectivity index (χ3v) is 6.26. The number of carbonyl (C=O) groups is 1. The molecule has 3 aromatic rings. The maximum absolute atomic E-state index is 13.7. The summed E-state index contributed by atoms with van der Waals surface area (Å²) in [6, 6.07) is 12.6. The fourth-order valence-electron chi connectivity index (χ4n) is 3.74. The van der Waals surface area contributed by atoms with E-state index in [1.807, 2.05) is 44.3 Å². The maximum atomic E-state index is 13.7. The van der Waals surface area contributed by atoms with Crippen LogP contribution < -0.4 is 4.90 Å². The Hall–Kier alpha value is -2.60. The Morgan fingerprint density at radius 2 is 1.79 bits per heavy atom. The minimum absolute atomic E-state index is 0.0415. The number of nitrogens with zero attached hydrogens (tertiary/aromatic N) is 1. The number of aromatic amines is 1. The smallest absolute Gasteiger partial charge is 0.258 e. The van der Waals surface area contributed by atoms with E-state index in [0.717, 1.165) is 34.8 Å². The van der Waals surface area contributed by atoms with Gasteiger partial charge in [-0.15, -0.1) is 0 Å². The van der Waals surface area contributed by atoms with Gasteiger partial charge in [0.25, 0.3) is 5.91 Å². The number of carbonyl (C=O) groups excluding carboxylic acids is 1. The number of nitrogens with one attached hydrogen (secondary N) is 1. The number of hydrogen-bond acceptors (Lipinski definition) is 3. The highest BCUT2D eigenvalue weighted by molar-refractivity contribution is 7.90. The Kier molecular flexibility index (Phi) is 5.85. The van der Waals surface area contributed by atoms with Crippen LogP contribution in [0.3, 0.4) is 0 Å². The SMILES string of the molecule is Cc1ccc(S(C)(=O)=O)cc1C(=O)N(c1ccc2[nH]ccc2c1)C(C)CC(C)C. The minimum atomic E-state index is -3.40. The van der Waals surface area contributed by atoms with E-state index in [1.54, 1.807) is 17.0 Å². The predicted molar refractivity (Wildman–Crippen MR) is 118 cm³/mol. The van der Waals surface area contributed by atoms with Crippen LogP contribution in [-0.2, 0) is 9.84 Å². The molecule has 3 rings (SSSR count). The molecule has 6 heteroatoms. The molecule has 2 aromatic carbocycles. The van der Waals surface area contributed by atoms with Crippen molar-refractivity contribution < 1.29 is 13.2 Å². The molecule has 0 aliphatic heterocycles. The number of fused-ring (bicyclic) bond motifs is 1. The lowest BCUT2D eigenvalue weighted by atomic mass is 10.0. The fraction of sp³-hybridized carbons (Fsp3) is 0.348. The van der Waals surface area contributed by atoms with Crippen molar-refractivity contribution in [3.8, 4) is 0 Å². The molecule has 1 aromatic heterocycles. The molecule has 29 heavy (non-hydrogen) atoms. The second kappa shape index (κ2) is 8.03. The first-order valence-corrected chi connectivity index (χ1v) is 11.7. The lowest BCUT2D eigenvalue weighted by Gasteiger charge is -2.31. The topological polar surface area (TPSA) is 70.2 Å². The minimum Gasteiger partial charge on any atom is -0.361 e. The Bertz CT molecular complexity index is 1150. The van der Waals surface area contributed by atoms with Crippen LogP contribution in [0.2, 0.25) is 0 Å². The first-order valence-electron chi connectivity index (χ1n) is 9.79. The number of aryl methyl sites for hydroxylation is 1. The van der Waals surface area contributed by atoms with Crippen molar-refractivity contribution in [1.82, 2.24) is 4.98 Å². The van der Waals surface area contributed by atoms with Gasteiger partial charge < -0.3 is 9.88 Å². The van der Waals surface area contributed by atoms with Gasteiger partial charge in [0.15, 0.2) is 9.84 Å². The summed E-state index contributed by atoms with van der Waals surface area (Å²) in [5.74, 6) is 0.232. The fourth-order valence-corrected chi connectivity index (χ4v) is 4.39. The predicted octanol–water partition coefficient (Wildman–Crippen LogP) is 4.96. The van der Waals surface area contributed by atoms with Crippen molar-refractivity contribution in [3.63, 3.8) is 0 Å². The highest BCUT2D eigenvalue weighted by atomic mass is 32.2. The Balaban J connectivity index is 2.12. The van der Waals surface area contributed by atoms with Crippen LogP contribution in [0, 0.1) is 12.8 Å². The maximum Gasteiger partial charge on any atom is 0.258 e. The van der Waals surface area contributed by atoms with Crippen molar-refractivity contribution in [2.24, 2.45) is 5.92 Å². The lowest BCUT2D eigenvalue weighted by molar-refractivity contribution is 0.0975. The third kappa shape index (κ3) is 4.53. The summed E-state index contributed by atoms with van der Waals surface area (Å²) in [7, 11) is -3.40. The number of anilines is 1. The monoisotopic (exact) mass is 412 g/mol. The Labute approximate surface area is 172 Å². The molecular formula is C23H28N2O3S. The largest absolute Gasteiger partial charge is 0.361 e. The summed E-state index contributed by atoms with van der Waals surface area (Å²) >= 11 is 0. The summed E-state index contributed by atoms with van der Waals surface area (Å²) in [6.07, 6.45) is 3.87. The van der Waals surface area contributed by atoms with E-state index in [2.05, 4.69) is 18.8 Å². The Morgan fingerprint density at radius 1 is 1.07 bits per heavy atom. The molecule has 0 spiro atoms. The highest BCUT2D eigenvalue weighted by Gasteiger charge is 2.26. The van der Waals surface area contributed by atoms with E-state index >= 15 is 0 Å². The molecule has 0 fully saturated rings. The molecule has 1 heterocycles. The van der Waals surface area contributed by atoms with Crippen molar-refractivity contribution in [1.29, 1.82) is 0 Å². The molecule has 5 nitrogen and oxygen atoms in total. The van der Waals surface area contributed by atoms with E-state index < -0.39 is 9.84 Å². The number of sulfone groups is 1. The van der Waals surface area contributed by atoms with Crippen molar-refractivity contribution in [2.45, 2.75) is 45.1 Å². The highest BCUT2D eigenvalue weighted by Crippen LogP contribution is 2.28. The van der Waals surface area contributed by atoms with Gasteiger partial charge in [0.2, 0.25) is 0 Å². The molecule has 154 valence electrons. The third-order valence-electron chi connectivity index (χ3n) is 5.15. The van der Waals surface area contributed by atoms with Crippen molar-refractivity contribution in [2.75, 3.05) is 11.2 Å². The summed E-state index contributed by atoms with van der Waals surface area (Å²) in [6.45, 7) is 8.13. The number of hydrogen-bond donors (Lipinski definition) is 1. The van der Waals surface area contributed by atoms with E-state index in [-0.39, 0.29) is 16.8 Å². The van der Waals surface area contributed by atoms with Crippen LogP contribution >= 0.6 is 0 Å². The quantitative estimate of drug-likeness (QED) is 0.622. The molecule has 0 bridgehead atoms. The molecule has 1 amide bonds.